The first-order valence-corrected chi connectivity index (χ1v) is 14.2. The summed E-state index contributed by atoms with van der Waals surface area (Å²) in [5.41, 5.74) is 0. The molecule has 0 aliphatic heterocycles. The molecule has 1 unspecified atom stereocenters. The Balaban J connectivity index is 1.83. The number of para-hydroxylation sites is 1. The second kappa shape index (κ2) is 8.67. The van der Waals surface area contributed by atoms with Crippen LogP contribution in [0.5, 0.6) is 5.75 Å². The van der Waals surface area contributed by atoms with Crippen molar-refractivity contribution in [1.82, 2.24) is 0 Å². The van der Waals surface area contributed by atoms with Crippen molar-refractivity contribution in [2.45, 2.75) is 0 Å². The molecule has 0 saturated carbocycles. The summed E-state index contributed by atoms with van der Waals surface area (Å²) in [6.45, 7) is 0. The highest BCUT2D eigenvalue weighted by Crippen LogP contribution is 2.11. The van der Waals surface area contributed by atoms with Gasteiger partial charge in [0.15, 0.2) is 0 Å². The van der Waals surface area contributed by atoms with Crippen LogP contribution in [0, 0.1) is 0 Å². The smallest absolute Gasteiger partial charge is 0.257 e. The first-order chi connectivity index (χ1) is 13.4. The van der Waals surface area contributed by atoms with Crippen LogP contribution < -0.4 is 20.0 Å². The molecule has 27 heavy (non-hydrogen) atoms. The summed E-state index contributed by atoms with van der Waals surface area (Å²) < 4.78 is 6.77. The second-order valence-electron chi connectivity index (χ2n) is 6.56. The van der Waals surface area contributed by atoms with Crippen molar-refractivity contribution in [3.63, 3.8) is 0 Å². The molecule has 0 N–H and O–H groups in total. The fraction of sp³-hybridized carbons (Fsp3) is 0. The Morgan fingerprint density at radius 2 is 0.778 bits per heavy atom. The van der Waals surface area contributed by atoms with Gasteiger partial charge in [0.2, 0.25) is 0 Å². The van der Waals surface area contributed by atoms with Crippen molar-refractivity contribution in [1.29, 1.82) is 0 Å². The molecule has 0 aromatic heterocycles. The molecule has 0 radical (unpaired) electrons. The molecule has 1 nitrogen and oxygen atoms in total. The van der Waals surface area contributed by atoms with Crippen LogP contribution in [-0.2, 0) is 0 Å². The van der Waals surface area contributed by atoms with Crippen LogP contribution in [0.1, 0.15) is 0 Å². The molecule has 3 heteroatoms. The zero-order valence-corrected chi connectivity index (χ0v) is 17.4. The minimum Gasteiger partial charge on any atom is -0.544 e. The number of rotatable bonds is 6. The van der Waals surface area contributed by atoms with Crippen LogP contribution in [0.3, 0.4) is 0 Å². The van der Waals surface area contributed by atoms with Crippen LogP contribution in [0.25, 0.3) is 0 Å². The quantitative estimate of drug-likeness (QED) is 0.466. The van der Waals surface area contributed by atoms with E-state index in [2.05, 4.69) is 103 Å². The molecular formula is C24H22OSi2. The average Bonchev–Trinajstić information content (AvgIpc) is 2.76. The van der Waals surface area contributed by atoms with E-state index < -0.39 is 16.9 Å². The minimum absolute atomic E-state index is 0.974. The van der Waals surface area contributed by atoms with Gasteiger partial charge in [-0.25, -0.2) is 0 Å². The Labute approximate surface area is 164 Å². The van der Waals surface area contributed by atoms with Crippen molar-refractivity contribution in [2.24, 2.45) is 0 Å². The summed E-state index contributed by atoms with van der Waals surface area (Å²) in [5, 5.41) is 4.26. The van der Waals surface area contributed by atoms with E-state index in [-0.39, 0.29) is 0 Å². The Bertz CT molecular complexity index is 905. The molecule has 0 heterocycles. The molecule has 4 aromatic carbocycles. The van der Waals surface area contributed by atoms with Crippen molar-refractivity contribution in [2.75, 3.05) is 0 Å². The fourth-order valence-corrected chi connectivity index (χ4v) is 13.7. The molecule has 132 valence electrons. The molecular weight excluding hydrogens is 360 g/mol. The third-order valence-electron chi connectivity index (χ3n) is 4.75. The van der Waals surface area contributed by atoms with Gasteiger partial charge in [-0.1, -0.05) is 120 Å². The lowest BCUT2D eigenvalue weighted by atomic mass is 10.3. The summed E-state index contributed by atoms with van der Waals surface area (Å²) in [7, 11) is -3.29. The zero-order valence-electron chi connectivity index (χ0n) is 15.1. The number of hydrogen-bond acceptors (Lipinski definition) is 1. The molecule has 0 aliphatic rings. The summed E-state index contributed by atoms with van der Waals surface area (Å²) in [4.78, 5) is 0. The fourth-order valence-electron chi connectivity index (χ4n) is 3.48. The van der Waals surface area contributed by atoms with Crippen LogP contribution in [0.4, 0.5) is 0 Å². The predicted molar refractivity (Wildman–Crippen MR) is 120 cm³/mol. The van der Waals surface area contributed by atoms with Crippen LogP contribution in [0.2, 0.25) is 0 Å². The third-order valence-corrected chi connectivity index (χ3v) is 14.8. The molecule has 4 aromatic rings. The zero-order chi connectivity index (χ0) is 18.3. The Kier molecular flexibility index (Phi) is 5.62. The maximum atomic E-state index is 6.77. The van der Waals surface area contributed by atoms with Gasteiger partial charge in [0, 0.05) is 0 Å². The topological polar surface area (TPSA) is 9.23 Å². The molecule has 0 bridgehead atoms. The van der Waals surface area contributed by atoms with Crippen molar-refractivity contribution < 1.29 is 4.43 Å². The van der Waals surface area contributed by atoms with Gasteiger partial charge in [-0.05, 0) is 17.3 Å². The largest absolute Gasteiger partial charge is 0.544 e. The Hall–Kier alpha value is -2.89. The lowest BCUT2D eigenvalue weighted by Crippen LogP contribution is -2.62. The molecule has 4 rings (SSSR count). The van der Waals surface area contributed by atoms with Gasteiger partial charge in [-0.3, -0.25) is 0 Å². The van der Waals surface area contributed by atoms with Gasteiger partial charge < -0.3 is 4.43 Å². The van der Waals surface area contributed by atoms with E-state index in [4.69, 9.17) is 4.43 Å². The van der Waals surface area contributed by atoms with E-state index in [1.807, 2.05) is 18.2 Å². The van der Waals surface area contributed by atoms with Gasteiger partial charge in [-0.2, -0.15) is 0 Å². The first-order valence-electron chi connectivity index (χ1n) is 9.28. The maximum absolute atomic E-state index is 6.77. The summed E-state index contributed by atoms with van der Waals surface area (Å²) in [6, 6.07) is 43.0. The highest BCUT2D eigenvalue weighted by Gasteiger charge is 2.32. The first kappa shape index (κ1) is 17.5. The normalized spacial score (nSPS) is 11.9. The van der Waals surface area contributed by atoms with Crippen molar-refractivity contribution in [3.05, 3.63) is 121 Å². The van der Waals surface area contributed by atoms with Gasteiger partial charge in [0.05, 0.1) is 0 Å². The van der Waals surface area contributed by atoms with E-state index in [1.165, 1.54) is 15.6 Å². The lowest BCUT2D eigenvalue weighted by Gasteiger charge is -2.27. The maximum Gasteiger partial charge on any atom is 0.257 e. The Morgan fingerprint density at radius 3 is 1.22 bits per heavy atom. The Morgan fingerprint density at radius 1 is 0.407 bits per heavy atom. The van der Waals surface area contributed by atoms with Gasteiger partial charge in [-0.15, -0.1) is 0 Å². The third kappa shape index (κ3) is 4.27. The number of benzene rings is 4. The standard InChI is InChI=1S/C24H22OSi2/c1-5-13-21(14-6-1)25-27(24-19-11-4-12-20-24)26(22-15-7-2-8-16-22)23-17-9-3-10-18-23/h1-20,26-27H. The van der Waals surface area contributed by atoms with Crippen molar-refractivity contribution >= 4 is 32.4 Å². The van der Waals surface area contributed by atoms with E-state index in [9.17, 15) is 0 Å². The second-order valence-corrected chi connectivity index (χ2v) is 14.4. The van der Waals surface area contributed by atoms with Gasteiger partial charge in [0.1, 0.15) is 14.1 Å². The van der Waals surface area contributed by atoms with Crippen LogP contribution >= 0.6 is 0 Å². The molecule has 1 atom stereocenters. The number of hydrogen-bond donors (Lipinski definition) is 0. The van der Waals surface area contributed by atoms with Crippen LogP contribution in [-0.4, -0.2) is 16.9 Å². The minimum atomic E-state index is -1.75. The molecule has 0 fully saturated rings. The van der Waals surface area contributed by atoms with E-state index >= 15 is 0 Å². The van der Waals surface area contributed by atoms with Gasteiger partial charge >= 0.3 is 0 Å². The molecule has 0 aliphatic carbocycles. The highest BCUT2D eigenvalue weighted by molar-refractivity contribution is 7.35. The average molecular weight is 383 g/mol. The highest BCUT2D eigenvalue weighted by atomic mass is 29.2. The van der Waals surface area contributed by atoms with Crippen LogP contribution in [0.15, 0.2) is 121 Å². The van der Waals surface area contributed by atoms with E-state index in [1.54, 1.807) is 0 Å². The SMILES string of the molecule is c1ccc(O[SiH](c2ccccc2)[SiH](c2ccccc2)c2ccccc2)cc1. The molecule has 0 spiro atoms. The van der Waals surface area contributed by atoms with E-state index in [0.29, 0.717) is 0 Å². The molecule has 0 saturated heterocycles. The summed E-state index contributed by atoms with van der Waals surface area (Å²) >= 11 is 0. The summed E-state index contributed by atoms with van der Waals surface area (Å²) in [6.07, 6.45) is 0. The predicted octanol–water partition coefficient (Wildman–Crippen LogP) is 2.82. The lowest BCUT2D eigenvalue weighted by molar-refractivity contribution is 0.596. The van der Waals surface area contributed by atoms with E-state index in [0.717, 1.165) is 5.75 Å². The van der Waals surface area contributed by atoms with Gasteiger partial charge in [0.25, 0.3) is 8.56 Å². The van der Waals surface area contributed by atoms with Crippen molar-refractivity contribution in [3.8, 4) is 5.75 Å². The summed E-state index contributed by atoms with van der Waals surface area (Å²) in [5.74, 6) is 0.974. The molecule has 0 amide bonds. The monoisotopic (exact) mass is 382 g/mol.